The third kappa shape index (κ3) is 5.63. The van der Waals surface area contributed by atoms with Crippen molar-refractivity contribution < 1.29 is 23.7 Å². The molecule has 4 aromatic rings. The van der Waals surface area contributed by atoms with Crippen LogP contribution in [0.25, 0.3) is 28.5 Å². The number of thiophene rings is 1. The largest absolute Gasteiger partial charge is 0.462 e. The molecule has 0 fully saturated rings. The summed E-state index contributed by atoms with van der Waals surface area (Å²) in [6, 6.07) is 20.1. The van der Waals surface area contributed by atoms with E-state index in [-0.39, 0.29) is 34.2 Å². The maximum atomic E-state index is 13.0. The van der Waals surface area contributed by atoms with Gasteiger partial charge in [-0.25, -0.2) is 4.79 Å². The highest BCUT2D eigenvalue weighted by molar-refractivity contribution is 7.15. The van der Waals surface area contributed by atoms with Crippen molar-refractivity contribution in [3.63, 3.8) is 0 Å². The number of nitrogens with zero attached hydrogens (tertiary/aromatic N) is 2. The molecule has 2 heterocycles. The number of carbonyl (C=O) groups excluding carboxylic acids is 2. The Morgan fingerprint density at radius 2 is 1.84 bits per heavy atom. The number of furan rings is 1. The number of hydrogen-bond donors (Lipinski definition) is 1. The second-order valence-electron chi connectivity index (χ2n) is 7.57. The lowest BCUT2D eigenvalue weighted by Gasteiger charge is -2.08. The Morgan fingerprint density at radius 3 is 2.49 bits per heavy atom. The minimum atomic E-state index is -0.720. The minimum absolute atomic E-state index is 0.0509. The zero-order valence-electron chi connectivity index (χ0n) is 19.5. The number of esters is 1. The summed E-state index contributed by atoms with van der Waals surface area (Å²) in [5, 5.41) is 25.1. The smallest absolute Gasteiger partial charge is 0.341 e. The highest BCUT2D eigenvalue weighted by Crippen LogP contribution is 2.36. The minimum Gasteiger partial charge on any atom is -0.462 e. The van der Waals surface area contributed by atoms with Gasteiger partial charge in [0.25, 0.3) is 11.6 Å². The summed E-state index contributed by atoms with van der Waals surface area (Å²) in [5.41, 5.74) is 1.91. The van der Waals surface area contributed by atoms with Gasteiger partial charge >= 0.3 is 5.97 Å². The molecular formula is C27H19N3O6S. The zero-order valence-corrected chi connectivity index (χ0v) is 20.3. The lowest BCUT2D eigenvalue weighted by Crippen LogP contribution is -2.16. The number of non-ortho nitro benzene ring substituents is 1. The van der Waals surface area contributed by atoms with Crippen molar-refractivity contribution in [3.05, 3.63) is 99.1 Å². The molecule has 0 saturated heterocycles. The van der Waals surface area contributed by atoms with E-state index in [1.165, 1.54) is 18.2 Å². The predicted octanol–water partition coefficient (Wildman–Crippen LogP) is 6.31. The molecule has 0 spiro atoms. The molecule has 37 heavy (non-hydrogen) atoms. The molecule has 0 aliphatic carbocycles. The van der Waals surface area contributed by atoms with E-state index >= 15 is 0 Å². The van der Waals surface area contributed by atoms with Gasteiger partial charge in [-0.15, -0.1) is 11.3 Å². The lowest BCUT2D eigenvalue weighted by atomic mass is 10.0. The van der Waals surface area contributed by atoms with Crippen LogP contribution in [0.3, 0.4) is 0 Å². The highest BCUT2D eigenvalue weighted by Gasteiger charge is 2.24. The summed E-state index contributed by atoms with van der Waals surface area (Å²) in [6.45, 7) is 1.85. The molecule has 0 atom stereocenters. The molecule has 0 aliphatic rings. The van der Waals surface area contributed by atoms with Gasteiger partial charge in [0.15, 0.2) is 0 Å². The van der Waals surface area contributed by atoms with E-state index in [4.69, 9.17) is 9.15 Å². The first-order chi connectivity index (χ1) is 17.9. The van der Waals surface area contributed by atoms with Crippen LogP contribution in [0.5, 0.6) is 0 Å². The first-order valence-electron chi connectivity index (χ1n) is 11.0. The number of nitriles is 1. The second-order valence-corrected chi connectivity index (χ2v) is 8.45. The van der Waals surface area contributed by atoms with Crippen LogP contribution in [0.2, 0.25) is 0 Å². The number of nitrogens with one attached hydrogen (secondary N) is 1. The topological polar surface area (TPSA) is 135 Å². The van der Waals surface area contributed by atoms with Crippen molar-refractivity contribution in [2.75, 3.05) is 11.9 Å². The maximum Gasteiger partial charge on any atom is 0.341 e. The number of rotatable bonds is 8. The predicted molar refractivity (Wildman–Crippen MR) is 139 cm³/mol. The molecule has 9 nitrogen and oxygen atoms in total. The fourth-order valence-corrected chi connectivity index (χ4v) is 4.43. The Kier molecular flexibility index (Phi) is 7.56. The van der Waals surface area contributed by atoms with Gasteiger partial charge in [0.1, 0.15) is 33.7 Å². The average Bonchev–Trinajstić information content (AvgIpc) is 3.55. The average molecular weight is 514 g/mol. The van der Waals surface area contributed by atoms with E-state index in [0.29, 0.717) is 16.9 Å². The summed E-state index contributed by atoms with van der Waals surface area (Å²) < 4.78 is 10.9. The monoisotopic (exact) mass is 513 g/mol. The van der Waals surface area contributed by atoms with Gasteiger partial charge in [-0.2, -0.15) is 5.26 Å². The number of benzene rings is 2. The normalized spacial score (nSPS) is 11.0. The van der Waals surface area contributed by atoms with E-state index in [1.54, 1.807) is 36.6 Å². The number of amides is 1. The summed E-state index contributed by atoms with van der Waals surface area (Å²) in [7, 11) is 0. The van der Waals surface area contributed by atoms with Crippen molar-refractivity contribution in [3.8, 4) is 28.5 Å². The Labute approximate surface area is 215 Å². The fraction of sp³-hybridized carbons (Fsp3) is 0.0741. The summed E-state index contributed by atoms with van der Waals surface area (Å²) in [4.78, 5) is 36.0. The third-order valence-corrected chi connectivity index (χ3v) is 6.12. The van der Waals surface area contributed by atoms with Gasteiger partial charge in [0, 0.05) is 34.7 Å². The standard InChI is InChI=1S/C27H19N3O6S/c1-2-35-27(32)24-22(17-6-4-3-5-7-17)16-37-26(24)29-25(31)19(15-28)14-21-12-13-23(36-21)18-8-10-20(11-9-18)30(33)34/h3-14,16H,2H2,1H3,(H,29,31)/b19-14-. The number of nitro groups is 1. The number of nitro benzene ring substituents is 1. The Bertz CT molecular complexity index is 1530. The summed E-state index contributed by atoms with van der Waals surface area (Å²) in [6.07, 6.45) is 1.28. The van der Waals surface area contributed by atoms with E-state index in [1.807, 2.05) is 36.4 Å². The first-order valence-corrected chi connectivity index (χ1v) is 11.9. The molecule has 1 amide bonds. The number of anilines is 1. The quantitative estimate of drug-likeness (QED) is 0.0959. The van der Waals surface area contributed by atoms with Crippen molar-refractivity contribution in [1.29, 1.82) is 5.26 Å². The van der Waals surface area contributed by atoms with Crippen molar-refractivity contribution in [1.82, 2.24) is 0 Å². The molecule has 10 heteroatoms. The molecule has 0 aliphatic heterocycles. The number of carbonyl (C=O) groups is 2. The van der Waals surface area contributed by atoms with Crippen LogP contribution >= 0.6 is 11.3 Å². The molecule has 0 radical (unpaired) electrons. The Balaban J connectivity index is 1.59. The van der Waals surface area contributed by atoms with Crippen LogP contribution in [0.15, 0.2) is 82.1 Å². The van der Waals surface area contributed by atoms with Crippen molar-refractivity contribution in [2.45, 2.75) is 6.92 Å². The zero-order chi connectivity index (χ0) is 26.4. The fourth-order valence-electron chi connectivity index (χ4n) is 3.48. The van der Waals surface area contributed by atoms with Crippen molar-refractivity contribution >= 4 is 40.0 Å². The van der Waals surface area contributed by atoms with Gasteiger partial charge in [0.05, 0.1) is 11.5 Å². The first kappa shape index (κ1) is 25.1. The SMILES string of the molecule is CCOC(=O)c1c(-c2ccccc2)csc1NC(=O)/C(C#N)=C\c1ccc(-c2ccc([N+](=O)[O-])cc2)o1. The Morgan fingerprint density at radius 1 is 1.11 bits per heavy atom. The summed E-state index contributed by atoms with van der Waals surface area (Å²) >= 11 is 1.15. The van der Waals surface area contributed by atoms with Crippen molar-refractivity contribution in [2.24, 2.45) is 0 Å². The molecule has 0 unspecified atom stereocenters. The van der Waals surface area contributed by atoms with E-state index in [9.17, 15) is 25.0 Å². The third-order valence-electron chi connectivity index (χ3n) is 5.22. The van der Waals surface area contributed by atoms with Crippen LogP contribution in [-0.2, 0) is 9.53 Å². The maximum absolute atomic E-state index is 13.0. The summed E-state index contributed by atoms with van der Waals surface area (Å²) in [5.74, 6) is -0.655. The number of hydrogen-bond acceptors (Lipinski definition) is 8. The van der Waals surface area contributed by atoms with Gasteiger partial charge < -0.3 is 14.5 Å². The molecular weight excluding hydrogens is 494 g/mol. The van der Waals surface area contributed by atoms with Gasteiger partial charge in [-0.05, 0) is 36.8 Å². The van der Waals surface area contributed by atoms with Gasteiger partial charge in [0.2, 0.25) is 0 Å². The molecule has 2 aromatic heterocycles. The van der Waals surface area contributed by atoms with Crippen LogP contribution in [0, 0.1) is 21.4 Å². The molecule has 4 rings (SSSR count). The van der Waals surface area contributed by atoms with Gasteiger partial charge in [-0.1, -0.05) is 30.3 Å². The molecule has 0 bridgehead atoms. The molecule has 1 N–H and O–H groups in total. The van der Waals surface area contributed by atoms with Crippen LogP contribution in [-0.4, -0.2) is 23.4 Å². The van der Waals surface area contributed by atoms with E-state index in [2.05, 4.69) is 5.32 Å². The van der Waals surface area contributed by atoms with Crippen LogP contribution in [0.4, 0.5) is 10.7 Å². The Hall–Kier alpha value is -5.01. The van der Waals surface area contributed by atoms with Crippen LogP contribution < -0.4 is 5.32 Å². The second kappa shape index (κ2) is 11.2. The molecule has 2 aromatic carbocycles. The number of ether oxygens (including phenoxy) is 1. The molecule has 184 valence electrons. The van der Waals surface area contributed by atoms with Gasteiger partial charge in [-0.3, -0.25) is 14.9 Å². The molecule has 0 saturated carbocycles. The van der Waals surface area contributed by atoms with E-state index in [0.717, 1.165) is 16.9 Å². The highest BCUT2D eigenvalue weighted by atomic mass is 32.1. The lowest BCUT2D eigenvalue weighted by molar-refractivity contribution is -0.384. The van der Waals surface area contributed by atoms with Crippen LogP contribution in [0.1, 0.15) is 23.0 Å². The van der Waals surface area contributed by atoms with E-state index < -0.39 is 16.8 Å².